The van der Waals surface area contributed by atoms with Gasteiger partial charge in [0.1, 0.15) is 17.8 Å². The molecule has 0 fully saturated rings. The normalized spacial score (nSPS) is 9.75. The number of phenolic OH excluding ortho intramolecular Hbond substituents is 2. The van der Waals surface area contributed by atoms with Crippen LogP contribution in [0.1, 0.15) is 5.56 Å². The lowest BCUT2D eigenvalue weighted by atomic mass is 10.1. The van der Waals surface area contributed by atoms with Gasteiger partial charge in [-0.25, -0.2) is 0 Å². The third-order valence-corrected chi connectivity index (χ3v) is 2.55. The Bertz CT molecular complexity index is 309. The summed E-state index contributed by atoms with van der Waals surface area (Å²) in [7, 11) is 0. The van der Waals surface area contributed by atoms with Crippen molar-refractivity contribution in [1.82, 2.24) is 0 Å². The van der Waals surface area contributed by atoms with Crippen molar-refractivity contribution in [2.45, 2.75) is 6.42 Å². The summed E-state index contributed by atoms with van der Waals surface area (Å²) in [6.45, 7) is 0. The van der Waals surface area contributed by atoms with Crippen molar-refractivity contribution in [3.63, 3.8) is 0 Å². The molecule has 0 spiro atoms. The van der Waals surface area contributed by atoms with E-state index in [1.54, 1.807) is 0 Å². The lowest BCUT2D eigenvalue weighted by Gasteiger charge is -2.03. The van der Waals surface area contributed by atoms with Gasteiger partial charge in [0.2, 0.25) is 0 Å². The smallest absolute Gasteiger partial charge is 0.136 e. The first kappa shape index (κ1) is 9.31. The molecule has 2 N–H and O–H groups in total. The third kappa shape index (κ3) is 1.69. The number of phenols is 2. The summed E-state index contributed by atoms with van der Waals surface area (Å²) in [5.74, 6) is 0.0189. The van der Waals surface area contributed by atoms with Crippen molar-refractivity contribution >= 4 is 28.9 Å². The number of benzene rings is 1. The van der Waals surface area contributed by atoms with Crippen LogP contribution in [-0.2, 0) is 11.2 Å². The van der Waals surface area contributed by atoms with Crippen LogP contribution < -0.4 is 0 Å². The first-order valence-electron chi connectivity index (χ1n) is 3.29. The first-order valence-corrected chi connectivity index (χ1v) is 4.37. The minimum Gasteiger partial charge on any atom is -0.507 e. The Hall–Kier alpha value is -0.780. The van der Waals surface area contributed by atoms with E-state index in [4.69, 9.17) is 5.11 Å². The Morgan fingerprint density at radius 3 is 2.67 bits per heavy atom. The standard InChI is InChI=1S/C8H7IO3/c9-7-6(11)2-1-5(3-4-10)8(7)12/h1-2,4,11-12H,3H2. The molecule has 0 saturated heterocycles. The van der Waals surface area contributed by atoms with Crippen molar-refractivity contribution in [1.29, 1.82) is 0 Å². The molecule has 0 heterocycles. The monoisotopic (exact) mass is 278 g/mol. The van der Waals surface area contributed by atoms with Crippen molar-refractivity contribution in [2.75, 3.05) is 0 Å². The number of aldehydes is 1. The number of carbonyl (C=O) groups is 1. The highest BCUT2D eigenvalue weighted by Gasteiger charge is 2.08. The van der Waals surface area contributed by atoms with Crippen LogP contribution in [0, 0.1) is 3.57 Å². The highest BCUT2D eigenvalue weighted by Crippen LogP contribution is 2.31. The van der Waals surface area contributed by atoms with Crippen molar-refractivity contribution in [2.24, 2.45) is 0 Å². The van der Waals surface area contributed by atoms with Crippen molar-refractivity contribution in [3.8, 4) is 11.5 Å². The molecular weight excluding hydrogens is 271 g/mol. The zero-order valence-electron chi connectivity index (χ0n) is 6.12. The van der Waals surface area contributed by atoms with Gasteiger partial charge < -0.3 is 15.0 Å². The lowest BCUT2D eigenvalue weighted by molar-refractivity contribution is -0.107. The van der Waals surface area contributed by atoms with E-state index in [0.29, 0.717) is 15.4 Å². The fraction of sp³-hybridized carbons (Fsp3) is 0.125. The molecule has 3 nitrogen and oxygen atoms in total. The van der Waals surface area contributed by atoms with Crippen LogP contribution in [0.2, 0.25) is 0 Å². The summed E-state index contributed by atoms with van der Waals surface area (Å²) in [5, 5.41) is 18.5. The van der Waals surface area contributed by atoms with Gasteiger partial charge in [-0.3, -0.25) is 0 Å². The number of carbonyl (C=O) groups excluding carboxylic acids is 1. The Morgan fingerprint density at radius 1 is 1.42 bits per heavy atom. The average molecular weight is 278 g/mol. The molecule has 0 amide bonds. The summed E-state index contributed by atoms with van der Waals surface area (Å²) >= 11 is 1.82. The Morgan fingerprint density at radius 2 is 2.08 bits per heavy atom. The summed E-state index contributed by atoms with van der Waals surface area (Å²) < 4.78 is 0.381. The molecule has 0 aliphatic carbocycles. The van der Waals surface area contributed by atoms with Gasteiger partial charge >= 0.3 is 0 Å². The van der Waals surface area contributed by atoms with Gasteiger partial charge in [-0.05, 0) is 28.7 Å². The van der Waals surface area contributed by atoms with Crippen LogP contribution in [0.25, 0.3) is 0 Å². The van der Waals surface area contributed by atoms with Crippen molar-refractivity contribution in [3.05, 3.63) is 21.3 Å². The molecule has 0 aliphatic heterocycles. The third-order valence-electron chi connectivity index (χ3n) is 1.48. The molecule has 0 radical (unpaired) electrons. The first-order chi connectivity index (χ1) is 5.66. The highest BCUT2D eigenvalue weighted by atomic mass is 127. The largest absolute Gasteiger partial charge is 0.507 e. The van der Waals surface area contributed by atoms with Crippen LogP contribution in [-0.4, -0.2) is 16.5 Å². The highest BCUT2D eigenvalue weighted by molar-refractivity contribution is 14.1. The summed E-state index contributed by atoms with van der Waals surface area (Å²) in [6.07, 6.45) is 0.879. The molecule has 1 aromatic carbocycles. The fourth-order valence-corrected chi connectivity index (χ4v) is 1.37. The van der Waals surface area contributed by atoms with E-state index in [9.17, 15) is 9.90 Å². The number of aromatic hydroxyl groups is 2. The van der Waals surface area contributed by atoms with E-state index in [-0.39, 0.29) is 17.9 Å². The summed E-state index contributed by atoms with van der Waals surface area (Å²) in [5.41, 5.74) is 0.534. The second-order valence-corrected chi connectivity index (χ2v) is 3.36. The molecule has 0 atom stereocenters. The van der Waals surface area contributed by atoms with Crippen LogP contribution in [0.3, 0.4) is 0 Å². The minimum atomic E-state index is -0.0114. The molecule has 4 heteroatoms. The van der Waals surface area contributed by atoms with Gasteiger partial charge in [0.05, 0.1) is 3.57 Å². The molecule has 12 heavy (non-hydrogen) atoms. The van der Waals surface area contributed by atoms with E-state index in [0.717, 1.165) is 0 Å². The molecule has 1 aromatic rings. The lowest BCUT2D eigenvalue weighted by Crippen LogP contribution is -1.88. The Labute approximate surface area is 83.2 Å². The second kappa shape index (κ2) is 3.75. The van der Waals surface area contributed by atoms with E-state index < -0.39 is 0 Å². The number of hydrogen-bond acceptors (Lipinski definition) is 3. The predicted octanol–water partition coefficient (Wildman–Crippen LogP) is 1.44. The fourth-order valence-electron chi connectivity index (χ4n) is 0.848. The van der Waals surface area contributed by atoms with E-state index in [1.165, 1.54) is 12.1 Å². The zero-order chi connectivity index (χ0) is 9.14. The summed E-state index contributed by atoms with van der Waals surface area (Å²) in [4.78, 5) is 10.1. The molecule has 0 bridgehead atoms. The molecule has 0 unspecified atom stereocenters. The Kier molecular flexibility index (Phi) is 2.91. The van der Waals surface area contributed by atoms with Gasteiger partial charge in [-0.2, -0.15) is 0 Å². The van der Waals surface area contributed by atoms with Crippen LogP contribution >= 0.6 is 22.6 Å². The maximum atomic E-state index is 10.1. The van der Waals surface area contributed by atoms with Gasteiger partial charge in [-0.15, -0.1) is 0 Å². The molecule has 0 aromatic heterocycles. The van der Waals surface area contributed by atoms with Gasteiger partial charge in [0.15, 0.2) is 0 Å². The molecule has 64 valence electrons. The topological polar surface area (TPSA) is 57.5 Å². The molecular formula is C8H7IO3. The predicted molar refractivity (Wildman–Crippen MR) is 52.3 cm³/mol. The van der Waals surface area contributed by atoms with Gasteiger partial charge in [0, 0.05) is 12.0 Å². The van der Waals surface area contributed by atoms with Gasteiger partial charge in [-0.1, -0.05) is 6.07 Å². The summed E-state index contributed by atoms with van der Waals surface area (Å²) in [6, 6.07) is 2.99. The molecule has 1 rings (SSSR count). The number of hydrogen-bond donors (Lipinski definition) is 2. The molecule has 0 aliphatic rings. The maximum absolute atomic E-state index is 10.1. The molecule has 0 saturated carbocycles. The van der Waals surface area contributed by atoms with E-state index >= 15 is 0 Å². The van der Waals surface area contributed by atoms with Crippen LogP contribution in [0.4, 0.5) is 0 Å². The average Bonchev–Trinajstić information content (AvgIpc) is 2.07. The van der Waals surface area contributed by atoms with E-state index in [1.807, 2.05) is 22.6 Å². The van der Waals surface area contributed by atoms with E-state index in [2.05, 4.69) is 0 Å². The number of halogens is 1. The Balaban J connectivity index is 3.16. The SMILES string of the molecule is O=CCc1ccc(O)c(I)c1O. The van der Waals surface area contributed by atoms with Crippen molar-refractivity contribution < 1.29 is 15.0 Å². The quantitative estimate of drug-likeness (QED) is 0.635. The zero-order valence-corrected chi connectivity index (χ0v) is 8.28. The van der Waals surface area contributed by atoms with Crippen LogP contribution in [0.15, 0.2) is 12.1 Å². The van der Waals surface area contributed by atoms with Crippen LogP contribution in [0.5, 0.6) is 11.5 Å². The minimum absolute atomic E-state index is 0.0114. The van der Waals surface area contributed by atoms with Gasteiger partial charge in [0.25, 0.3) is 0 Å². The maximum Gasteiger partial charge on any atom is 0.136 e. The second-order valence-electron chi connectivity index (χ2n) is 2.28. The number of rotatable bonds is 2.